The van der Waals surface area contributed by atoms with Gasteiger partial charge in [-0.05, 0) is 57.2 Å². The Morgan fingerprint density at radius 2 is 1.34 bits per heavy atom. The van der Waals surface area contributed by atoms with Crippen LogP contribution in [-0.2, 0) is 19.2 Å². The van der Waals surface area contributed by atoms with Crippen molar-refractivity contribution in [2.24, 2.45) is 11.8 Å². The Hall–Kier alpha value is -6.90. The molecule has 8 rings (SSSR count). The van der Waals surface area contributed by atoms with Crippen LogP contribution in [0, 0.1) is 65.6 Å². The van der Waals surface area contributed by atoms with Gasteiger partial charge in [-0.25, -0.2) is 9.03 Å². The minimum Gasteiger partial charge on any atom is -0.327 e. The number of H-pyrrole nitrogens is 2. The molecule has 6 heterocycles. The Kier molecular flexibility index (Phi) is 18.5. The Balaban J connectivity index is 0.000000251. The normalized spacial score (nSPS) is 14.3. The number of nitrogens with one attached hydrogen (secondary N) is 6. The number of nitrogens with zero attached hydrogens (tertiary/aromatic N) is 8. The van der Waals surface area contributed by atoms with Gasteiger partial charge < -0.3 is 21.3 Å². The molecule has 6 aromatic heterocycles. The average Bonchev–Trinajstić information content (AvgIpc) is 4.18. The van der Waals surface area contributed by atoms with E-state index in [-0.39, 0.29) is 48.8 Å². The number of anilines is 4. The number of halogens is 6. The van der Waals surface area contributed by atoms with Gasteiger partial charge in [0.05, 0.1) is 71.3 Å². The summed E-state index contributed by atoms with van der Waals surface area (Å²) in [5.74, 6) is -3.47. The van der Waals surface area contributed by atoms with Gasteiger partial charge in [0.1, 0.15) is 11.6 Å². The third-order valence-electron chi connectivity index (χ3n) is 11.0. The van der Waals surface area contributed by atoms with Crippen molar-refractivity contribution in [2.45, 2.75) is 76.2 Å². The number of carbonyl (C=O) groups excluding carboxylic acids is 4. The van der Waals surface area contributed by atoms with E-state index in [4.69, 9.17) is 6.60 Å². The van der Waals surface area contributed by atoms with E-state index in [1.807, 2.05) is 28.3 Å². The molecule has 1 unspecified atom stereocenters. The molecule has 6 aromatic rings. The van der Waals surface area contributed by atoms with Gasteiger partial charge in [0, 0.05) is 74.4 Å². The molecule has 6 N–H and O–H groups in total. The largest absolute Gasteiger partial charge is 0.471 e. The van der Waals surface area contributed by atoms with Crippen LogP contribution in [-0.4, -0.2) is 81.2 Å². The van der Waals surface area contributed by atoms with E-state index < -0.39 is 24.2 Å². The topological polar surface area (TPSA) is 247 Å². The molecule has 1 atom stereocenters. The molecule has 2 aliphatic rings. The fourth-order valence-electron chi connectivity index (χ4n) is 7.98. The van der Waals surface area contributed by atoms with Crippen molar-refractivity contribution in [3.05, 3.63) is 73.6 Å². The first-order valence-corrected chi connectivity index (χ1v) is 20.4. The monoisotopic (exact) mass is 1170 g/mol. The molecular formula is C42H42BF6N14O4U+. The first-order valence-electron chi connectivity index (χ1n) is 21.0. The van der Waals surface area contributed by atoms with Gasteiger partial charge in [0.2, 0.25) is 19.0 Å². The molecule has 2 aliphatic carbocycles. The van der Waals surface area contributed by atoms with Crippen LogP contribution in [0.2, 0.25) is 0 Å². The van der Waals surface area contributed by atoms with Gasteiger partial charge >= 0.3 is 24.2 Å². The third kappa shape index (κ3) is 13.0. The number of hydrogen-bond donors (Lipinski definition) is 6. The van der Waals surface area contributed by atoms with Gasteiger partial charge in [-0.3, -0.25) is 24.3 Å². The molecule has 4 amide bonds. The molecule has 26 heteroatoms. The summed E-state index contributed by atoms with van der Waals surface area (Å²) in [6, 6.07) is 9.77. The molecular weight excluding hydrogens is 1130 g/mol. The number of hydrogen-bond acceptors (Lipinski definition) is 9. The molecule has 0 aromatic carbocycles. The van der Waals surface area contributed by atoms with Gasteiger partial charge in [-0.15, -0.1) is 4.68 Å². The maximum absolute atomic E-state index is 12.7. The number of allylic oxidation sites excluding steroid dienone is 2. The van der Waals surface area contributed by atoms with Crippen LogP contribution in [0.3, 0.4) is 0 Å². The van der Waals surface area contributed by atoms with Crippen LogP contribution >= 0.6 is 0 Å². The van der Waals surface area contributed by atoms with E-state index in [1.165, 1.54) is 68.5 Å². The average molecular weight is 1170 g/mol. The Labute approximate surface area is 410 Å². The molecule has 0 bridgehead atoms. The van der Waals surface area contributed by atoms with Crippen molar-refractivity contribution in [2.75, 3.05) is 21.3 Å². The Morgan fingerprint density at radius 1 is 0.824 bits per heavy atom. The fourth-order valence-corrected chi connectivity index (χ4v) is 7.98. The maximum atomic E-state index is 12.7. The van der Waals surface area contributed by atoms with Crippen molar-refractivity contribution in [3.63, 3.8) is 0 Å². The molecule has 0 saturated heterocycles. The summed E-state index contributed by atoms with van der Waals surface area (Å²) in [5, 5.41) is 43.7. The van der Waals surface area contributed by atoms with Crippen molar-refractivity contribution in [3.8, 4) is 34.4 Å². The zero-order chi connectivity index (χ0) is 49.4. The van der Waals surface area contributed by atoms with Gasteiger partial charge in [0.15, 0.2) is 6.04 Å². The molecule has 352 valence electrons. The minimum atomic E-state index is -5.05. The summed E-state index contributed by atoms with van der Waals surface area (Å²) in [6.07, 6.45) is 13.5. The van der Waals surface area contributed by atoms with Crippen LogP contribution in [0.15, 0.2) is 73.6 Å². The van der Waals surface area contributed by atoms with Crippen LogP contribution in [0.1, 0.15) is 63.8 Å². The van der Waals surface area contributed by atoms with E-state index in [1.54, 1.807) is 23.8 Å². The predicted molar refractivity (Wildman–Crippen MR) is 232 cm³/mol. The third-order valence-corrected chi connectivity index (χ3v) is 11.0. The predicted octanol–water partition coefficient (Wildman–Crippen LogP) is 6.73. The quantitative estimate of drug-likeness (QED) is 0.0250. The first-order chi connectivity index (χ1) is 32.7. The van der Waals surface area contributed by atoms with Crippen molar-refractivity contribution in [1.82, 2.24) is 34.5 Å². The number of rotatable bonds is 12. The second-order valence-corrected chi connectivity index (χ2v) is 15.1. The standard InChI is InChI=1S/C21H20F3N7O2.C13H9F3N6O2.C8H11N.BH.U/c22-21(23,24)20(33)29-18-6-5-17-19(15(26-12-32)10-28-31(17)18)14-9-27-30(11-14)16(7-8-25)13-3-1-2-4-13;14-13(15,16)12(24)21-10-2-1-9-11(7-3-18-19-4-7)8(17-6-23)5-20-22(9)10;9-7-3-6-8-4-1-2-5-8;;/h5-6,9-13,16H,1-4,7H2,(H2,26,28,29,32,33);1-6H,(H,17,23)(H,18,19)(H,21,24);3,6,8H,1-2,4-5H2;1H;/p+1/b;;6-3-;;/i;;;1D;. The molecule has 2 radical (unpaired) electrons. The summed E-state index contributed by atoms with van der Waals surface area (Å²) in [7, 11) is 3.75. The van der Waals surface area contributed by atoms with E-state index >= 15 is 0 Å². The van der Waals surface area contributed by atoms with Crippen molar-refractivity contribution >= 4 is 67.1 Å². The molecule has 0 spiro atoms. The molecule has 68 heavy (non-hydrogen) atoms. The molecule has 2 fully saturated rings. The van der Waals surface area contributed by atoms with Gasteiger partial charge in [-0.2, -0.15) is 57.3 Å². The summed E-state index contributed by atoms with van der Waals surface area (Å²) in [6.45, 7) is 0. The van der Waals surface area contributed by atoms with E-state index in [0.29, 0.717) is 75.7 Å². The fraction of sp³-hybridized carbons (Fsp3) is 0.333. The van der Waals surface area contributed by atoms with Gasteiger partial charge in [-0.1, -0.05) is 31.8 Å². The van der Waals surface area contributed by atoms with E-state index in [9.17, 15) is 50.8 Å². The SMILES string of the molecule is N#C/C=C\C1CCCC1.N#CCC(C1CCCC1)[n+]1cc(-c2c(NC=O)cnn3c(NC(=O)C(F)(F)F)ccc23)c[nH]1.O=CNc1cnn2c(NC(=O)C(F)(F)F)ccc2c1-c1cn[nH]c1.[2H][B].[U]. The number of nitriles is 2. The van der Waals surface area contributed by atoms with Crippen LogP contribution < -0.4 is 25.9 Å². The summed E-state index contributed by atoms with van der Waals surface area (Å²) in [5.41, 5.74) is 3.64. The number of fused-ring (bicyclic) bond motifs is 2. The number of carbonyl (C=O) groups is 4. The molecule has 0 aliphatic heterocycles. The summed E-state index contributed by atoms with van der Waals surface area (Å²) in [4.78, 5) is 44.4. The van der Waals surface area contributed by atoms with Crippen LogP contribution in [0.25, 0.3) is 33.3 Å². The zero-order valence-electron chi connectivity index (χ0n) is 36.7. The maximum Gasteiger partial charge on any atom is 0.471 e. The number of aromatic nitrogens is 8. The second-order valence-electron chi connectivity index (χ2n) is 15.1. The zero-order valence-corrected chi connectivity index (χ0v) is 39.9. The van der Waals surface area contributed by atoms with E-state index in [2.05, 4.69) is 50.6 Å². The smallest absolute Gasteiger partial charge is 0.327 e. The second kappa shape index (κ2) is 24.2. The Bertz CT molecular complexity index is 2790. The Morgan fingerprint density at radius 3 is 1.79 bits per heavy atom. The van der Waals surface area contributed by atoms with Crippen LogP contribution in [0.4, 0.5) is 49.4 Å². The number of alkyl halides is 6. The summed E-state index contributed by atoms with van der Waals surface area (Å²) >= 11 is 0. The molecule has 18 nitrogen and oxygen atoms in total. The first kappa shape index (κ1) is 52.1. The number of amides is 4. The molecule has 2 saturated carbocycles. The summed E-state index contributed by atoms with van der Waals surface area (Å²) < 4.78 is 84.7. The van der Waals surface area contributed by atoms with Crippen molar-refractivity contribution in [1.29, 1.82) is 11.9 Å². The van der Waals surface area contributed by atoms with Crippen LogP contribution in [0.5, 0.6) is 0 Å². The van der Waals surface area contributed by atoms with Crippen molar-refractivity contribution < 1.29 is 81.3 Å². The number of aromatic amines is 2. The van der Waals surface area contributed by atoms with E-state index in [0.717, 1.165) is 34.7 Å². The minimum absolute atomic E-state index is 0. The van der Waals surface area contributed by atoms with Gasteiger partial charge in [0.25, 0.3) is 0 Å².